The van der Waals surface area contributed by atoms with Gasteiger partial charge in [-0.1, -0.05) is 6.07 Å². The minimum atomic E-state index is -4.60. The van der Waals surface area contributed by atoms with Gasteiger partial charge in [-0.3, -0.25) is 0 Å². The van der Waals surface area contributed by atoms with Crippen molar-refractivity contribution in [1.82, 2.24) is 14.9 Å². The van der Waals surface area contributed by atoms with Gasteiger partial charge in [0.25, 0.3) is 0 Å². The summed E-state index contributed by atoms with van der Waals surface area (Å²) in [6.07, 6.45) is -2.92. The molecule has 0 bridgehead atoms. The van der Waals surface area contributed by atoms with Gasteiger partial charge in [0.05, 0.1) is 12.7 Å². The Hall–Kier alpha value is -3.30. The number of esters is 1. The molecule has 2 aromatic heterocycles. The molecule has 0 spiro atoms. The first-order valence-corrected chi connectivity index (χ1v) is 11.0. The molecule has 0 unspecified atom stereocenters. The summed E-state index contributed by atoms with van der Waals surface area (Å²) in [6.45, 7) is 5.87. The molecule has 1 fully saturated rings. The minimum absolute atomic E-state index is 0.134. The van der Waals surface area contributed by atoms with Crippen molar-refractivity contribution in [2.24, 2.45) is 0 Å². The number of pyridine rings is 1. The third-order valence-corrected chi connectivity index (χ3v) is 5.93. The van der Waals surface area contributed by atoms with E-state index in [1.165, 1.54) is 24.3 Å². The predicted octanol–water partition coefficient (Wildman–Crippen LogP) is 5.64. The largest absolute Gasteiger partial charge is 0.465 e. The van der Waals surface area contributed by atoms with Crippen molar-refractivity contribution < 1.29 is 32.2 Å². The highest BCUT2D eigenvalue weighted by molar-refractivity contribution is 6.09. The molecule has 1 aliphatic rings. The minimum Gasteiger partial charge on any atom is -0.465 e. The fourth-order valence-corrected chi connectivity index (χ4v) is 4.46. The number of aromatic amines is 1. The number of benzene rings is 1. The Morgan fingerprint density at radius 2 is 1.82 bits per heavy atom. The molecular formula is C24H26F3N3O4. The highest BCUT2D eigenvalue weighted by Crippen LogP contribution is 2.44. The number of carbonyl (C=O) groups is 2. The lowest BCUT2D eigenvalue weighted by Crippen LogP contribution is -2.41. The van der Waals surface area contributed by atoms with Crippen LogP contribution in [0, 0.1) is 0 Å². The number of methoxy groups -OCH3 is 1. The van der Waals surface area contributed by atoms with Crippen LogP contribution in [0.3, 0.4) is 0 Å². The van der Waals surface area contributed by atoms with Gasteiger partial charge in [0.1, 0.15) is 16.9 Å². The van der Waals surface area contributed by atoms with Gasteiger partial charge < -0.3 is 19.4 Å². The summed E-state index contributed by atoms with van der Waals surface area (Å²) in [7, 11) is 1.26. The number of alkyl halides is 3. The molecule has 182 valence electrons. The Labute approximate surface area is 194 Å². The zero-order valence-corrected chi connectivity index (χ0v) is 19.4. The van der Waals surface area contributed by atoms with Crippen LogP contribution in [0.1, 0.15) is 61.1 Å². The number of halogens is 3. The Balaban J connectivity index is 1.76. The van der Waals surface area contributed by atoms with Gasteiger partial charge in [-0.05, 0) is 62.6 Å². The molecule has 1 saturated heterocycles. The summed E-state index contributed by atoms with van der Waals surface area (Å²) in [5, 5.41) is 1.49. The number of ether oxygens (including phenoxy) is 2. The topological polar surface area (TPSA) is 84.5 Å². The number of likely N-dealkylation sites (tertiary alicyclic amines) is 1. The molecule has 1 aromatic carbocycles. The molecule has 0 radical (unpaired) electrons. The molecule has 3 aromatic rings. The van der Waals surface area contributed by atoms with Crippen LogP contribution in [-0.4, -0.2) is 52.7 Å². The zero-order chi connectivity index (χ0) is 24.8. The molecule has 1 N–H and O–H groups in total. The molecule has 1 amide bonds. The van der Waals surface area contributed by atoms with Crippen molar-refractivity contribution in [3.63, 3.8) is 0 Å². The fraction of sp³-hybridized carbons (Fsp3) is 0.458. The quantitative estimate of drug-likeness (QED) is 0.483. The fourth-order valence-electron chi connectivity index (χ4n) is 4.46. The van der Waals surface area contributed by atoms with Crippen LogP contribution in [0.2, 0.25) is 0 Å². The maximum Gasteiger partial charge on any atom is 0.431 e. The van der Waals surface area contributed by atoms with E-state index in [0.29, 0.717) is 29.0 Å². The number of piperidine rings is 1. The molecule has 10 heteroatoms. The van der Waals surface area contributed by atoms with E-state index in [-0.39, 0.29) is 29.9 Å². The number of aromatic nitrogens is 2. The van der Waals surface area contributed by atoms with E-state index in [4.69, 9.17) is 9.47 Å². The normalized spacial score (nSPS) is 15.7. The summed E-state index contributed by atoms with van der Waals surface area (Å²) in [5.74, 6) is -0.974. The van der Waals surface area contributed by atoms with Crippen LogP contribution in [0.25, 0.3) is 21.8 Å². The van der Waals surface area contributed by atoms with Crippen molar-refractivity contribution in [2.45, 2.75) is 51.3 Å². The highest BCUT2D eigenvalue weighted by atomic mass is 19.4. The first-order chi connectivity index (χ1) is 15.9. The van der Waals surface area contributed by atoms with Gasteiger partial charge >= 0.3 is 18.2 Å². The molecule has 1 aliphatic heterocycles. The van der Waals surface area contributed by atoms with Crippen molar-refractivity contribution in [3.8, 4) is 0 Å². The van der Waals surface area contributed by atoms with E-state index in [9.17, 15) is 22.8 Å². The molecular weight excluding hydrogens is 451 g/mol. The summed E-state index contributed by atoms with van der Waals surface area (Å²) >= 11 is 0. The number of H-pyrrole nitrogens is 1. The number of fused-ring (bicyclic) bond motifs is 3. The van der Waals surface area contributed by atoms with Crippen LogP contribution in [0.4, 0.5) is 18.0 Å². The average molecular weight is 477 g/mol. The zero-order valence-electron chi connectivity index (χ0n) is 19.4. The Bertz CT molecular complexity index is 1250. The second-order valence-electron chi connectivity index (χ2n) is 9.43. The number of rotatable bonds is 2. The monoisotopic (exact) mass is 477 g/mol. The van der Waals surface area contributed by atoms with Crippen LogP contribution in [0.15, 0.2) is 24.4 Å². The van der Waals surface area contributed by atoms with Crippen molar-refractivity contribution in [2.75, 3.05) is 20.2 Å². The lowest BCUT2D eigenvalue weighted by atomic mass is 9.86. The molecule has 7 nitrogen and oxygen atoms in total. The summed E-state index contributed by atoms with van der Waals surface area (Å²) < 4.78 is 52.3. The van der Waals surface area contributed by atoms with Crippen LogP contribution in [-0.2, 0) is 15.7 Å². The lowest BCUT2D eigenvalue weighted by molar-refractivity contribution is -0.141. The van der Waals surface area contributed by atoms with Crippen molar-refractivity contribution in [1.29, 1.82) is 0 Å². The van der Waals surface area contributed by atoms with E-state index in [1.807, 2.05) is 0 Å². The maximum atomic E-state index is 14.0. The number of hydrogen-bond acceptors (Lipinski definition) is 5. The Kier molecular flexibility index (Phi) is 5.95. The van der Waals surface area contributed by atoms with Crippen LogP contribution >= 0.6 is 0 Å². The number of hydrogen-bond donors (Lipinski definition) is 1. The molecule has 3 heterocycles. The SMILES string of the molecule is COC(=O)c1ccc2c(cnc3[nH]c(C(F)(F)F)c(C4CCN(C(=O)OC(C)(C)C)CC4)c32)c1. The summed E-state index contributed by atoms with van der Waals surface area (Å²) in [5.41, 5.74) is -0.905. The first kappa shape index (κ1) is 23.8. The number of nitrogens with zero attached hydrogens (tertiary/aromatic N) is 2. The average Bonchev–Trinajstić information content (AvgIpc) is 3.18. The van der Waals surface area contributed by atoms with Gasteiger partial charge in [-0.15, -0.1) is 0 Å². The maximum absolute atomic E-state index is 14.0. The molecule has 0 saturated carbocycles. The molecule has 0 atom stereocenters. The van der Waals surface area contributed by atoms with E-state index in [1.54, 1.807) is 32.9 Å². The molecule has 0 aliphatic carbocycles. The van der Waals surface area contributed by atoms with E-state index in [0.717, 1.165) is 0 Å². The highest BCUT2D eigenvalue weighted by Gasteiger charge is 2.40. The van der Waals surface area contributed by atoms with Crippen molar-refractivity contribution >= 4 is 33.9 Å². The smallest absolute Gasteiger partial charge is 0.431 e. The van der Waals surface area contributed by atoms with E-state index < -0.39 is 35.5 Å². The predicted molar refractivity (Wildman–Crippen MR) is 120 cm³/mol. The third-order valence-electron chi connectivity index (χ3n) is 5.93. The van der Waals surface area contributed by atoms with Crippen LogP contribution < -0.4 is 0 Å². The second-order valence-corrected chi connectivity index (χ2v) is 9.43. The van der Waals surface area contributed by atoms with Gasteiger partial charge in [0.2, 0.25) is 0 Å². The van der Waals surface area contributed by atoms with Gasteiger partial charge in [0.15, 0.2) is 0 Å². The number of amides is 1. The first-order valence-electron chi connectivity index (χ1n) is 11.0. The summed E-state index contributed by atoms with van der Waals surface area (Å²) in [6, 6.07) is 4.71. The molecule has 34 heavy (non-hydrogen) atoms. The van der Waals surface area contributed by atoms with E-state index >= 15 is 0 Å². The van der Waals surface area contributed by atoms with Crippen molar-refractivity contribution in [3.05, 3.63) is 41.2 Å². The van der Waals surface area contributed by atoms with Gasteiger partial charge in [-0.25, -0.2) is 14.6 Å². The number of carbonyl (C=O) groups excluding carboxylic acids is 2. The summed E-state index contributed by atoms with van der Waals surface area (Å²) in [4.78, 5) is 32.5. The molecule has 4 rings (SSSR count). The third kappa shape index (κ3) is 4.53. The second kappa shape index (κ2) is 8.48. The Morgan fingerprint density at radius 3 is 2.41 bits per heavy atom. The van der Waals surface area contributed by atoms with Gasteiger partial charge in [0, 0.05) is 30.1 Å². The number of nitrogens with one attached hydrogen (secondary N) is 1. The van der Waals surface area contributed by atoms with E-state index in [2.05, 4.69) is 9.97 Å². The Morgan fingerprint density at radius 1 is 1.15 bits per heavy atom. The van der Waals surface area contributed by atoms with Crippen LogP contribution in [0.5, 0.6) is 0 Å². The standard InChI is InChI=1S/C24H26F3N3O4/c1-23(2,3)34-22(32)30-9-7-13(8-10-30)17-18-16-6-5-14(21(31)33-4)11-15(16)12-28-20(18)29-19(17)24(25,26)27/h5-6,11-13H,7-10H2,1-4H3,(H,28,29). The lowest BCUT2D eigenvalue weighted by Gasteiger charge is -2.34. The van der Waals surface area contributed by atoms with Gasteiger partial charge in [-0.2, -0.15) is 13.2 Å².